The van der Waals surface area contributed by atoms with Crippen LogP contribution in [-0.2, 0) is 0 Å². The van der Waals surface area contributed by atoms with E-state index in [1.165, 1.54) is 42.6 Å². The van der Waals surface area contributed by atoms with E-state index >= 15 is 0 Å². The van der Waals surface area contributed by atoms with Crippen molar-refractivity contribution in [1.82, 2.24) is 10.3 Å². The lowest BCUT2D eigenvalue weighted by molar-refractivity contribution is 0.0917. The average molecular weight is 369 g/mol. The van der Waals surface area contributed by atoms with Crippen molar-refractivity contribution in [3.8, 4) is 0 Å². The third-order valence-electron chi connectivity index (χ3n) is 3.85. The van der Waals surface area contributed by atoms with E-state index in [1.807, 2.05) is 0 Å². The van der Waals surface area contributed by atoms with Gasteiger partial charge in [-0.3, -0.25) is 4.79 Å². The van der Waals surface area contributed by atoms with Gasteiger partial charge in [-0.15, -0.1) is 0 Å². The number of benzene rings is 2. The van der Waals surface area contributed by atoms with Crippen LogP contribution in [0.1, 0.15) is 22.0 Å². The van der Waals surface area contributed by atoms with Gasteiger partial charge in [0.1, 0.15) is 17.5 Å². The smallest absolute Gasteiger partial charge is 0.255 e. The summed E-state index contributed by atoms with van der Waals surface area (Å²) in [6.07, 6.45) is 0.525. The molecule has 1 aromatic heterocycles. The summed E-state index contributed by atoms with van der Waals surface area (Å²) in [7, 11) is 0. The topological polar surface area (TPSA) is 74.2 Å². The second kappa shape index (κ2) is 8.37. The molecule has 2 aromatic carbocycles. The predicted octanol–water partition coefficient (Wildman–Crippen LogP) is 3.57. The van der Waals surface area contributed by atoms with Gasteiger partial charge in [0.2, 0.25) is 0 Å². The maximum atomic E-state index is 13.3. The van der Waals surface area contributed by atoms with Crippen molar-refractivity contribution in [3.05, 3.63) is 89.6 Å². The maximum absolute atomic E-state index is 13.3. The number of aromatic nitrogens is 1. The van der Waals surface area contributed by atoms with E-state index in [1.54, 1.807) is 24.3 Å². The first-order chi connectivity index (χ1) is 13.0. The van der Waals surface area contributed by atoms with Crippen molar-refractivity contribution in [2.24, 2.45) is 0 Å². The number of aliphatic hydroxyl groups is 1. The van der Waals surface area contributed by atoms with Crippen LogP contribution < -0.4 is 10.6 Å². The number of pyridine rings is 1. The lowest BCUT2D eigenvalue weighted by atomic mass is 10.1. The van der Waals surface area contributed by atoms with Crippen LogP contribution in [-0.4, -0.2) is 22.5 Å². The summed E-state index contributed by atoms with van der Waals surface area (Å²) in [5.74, 6) is -1.01. The molecule has 3 rings (SSSR count). The van der Waals surface area contributed by atoms with E-state index < -0.39 is 23.6 Å². The van der Waals surface area contributed by atoms with Gasteiger partial charge in [-0.2, -0.15) is 0 Å². The Hall–Kier alpha value is -3.32. The van der Waals surface area contributed by atoms with Crippen molar-refractivity contribution in [2.75, 3.05) is 11.9 Å². The van der Waals surface area contributed by atoms with Crippen molar-refractivity contribution >= 4 is 17.4 Å². The molecule has 1 atom stereocenters. The number of anilines is 2. The number of nitrogens with zero attached hydrogens (tertiary/aromatic N) is 1. The lowest BCUT2D eigenvalue weighted by Gasteiger charge is -2.14. The van der Waals surface area contributed by atoms with Crippen LogP contribution in [0, 0.1) is 11.6 Å². The number of hydrogen-bond donors (Lipinski definition) is 3. The van der Waals surface area contributed by atoms with Gasteiger partial charge in [0.15, 0.2) is 0 Å². The summed E-state index contributed by atoms with van der Waals surface area (Å²) >= 11 is 0. The predicted molar refractivity (Wildman–Crippen MR) is 97.6 cm³/mol. The number of carbonyl (C=O) groups is 1. The molecule has 3 N–H and O–H groups in total. The minimum absolute atomic E-state index is 0.0568. The zero-order chi connectivity index (χ0) is 19.2. The van der Waals surface area contributed by atoms with E-state index in [0.717, 1.165) is 0 Å². The minimum Gasteiger partial charge on any atom is -0.387 e. The Balaban J connectivity index is 1.68. The molecule has 0 saturated heterocycles. The van der Waals surface area contributed by atoms with Crippen LogP contribution in [0.15, 0.2) is 66.9 Å². The second-order valence-electron chi connectivity index (χ2n) is 5.81. The maximum Gasteiger partial charge on any atom is 0.255 e. The first-order valence-corrected chi connectivity index (χ1v) is 8.22. The van der Waals surface area contributed by atoms with Crippen LogP contribution in [0.25, 0.3) is 0 Å². The molecule has 0 bridgehead atoms. The summed E-state index contributed by atoms with van der Waals surface area (Å²) in [6.45, 7) is -0.0568. The fraction of sp³-hybridized carbons (Fsp3) is 0.100. The minimum atomic E-state index is -0.981. The van der Waals surface area contributed by atoms with Crippen LogP contribution in [0.2, 0.25) is 0 Å². The Morgan fingerprint density at radius 3 is 2.56 bits per heavy atom. The number of aliphatic hydroxyl groups excluding tert-OH is 1. The van der Waals surface area contributed by atoms with Gasteiger partial charge >= 0.3 is 0 Å². The van der Waals surface area contributed by atoms with Gasteiger partial charge in [0, 0.05) is 18.4 Å². The first-order valence-electron chi connectivity index (χ1n) is 8.22. The molecule has 27 heavy (non-hydrogen) atoms. The number of rotatable bonds is 6. The Kier molecular flexibility index (Phi) is 5.73. The molecule has 138 valence electrons. The van der Waals surface area contributed by atoms with Crippen molar-refractivity contribution in [3.63, 3.8) is 0 Å². The van der Waals surface area contributed by atoms with Crippen LogP contribution >= 0.6 is 0 Å². The van der Waals surface area contributed by atoms with Gasteiger partial charge in [-0.1, -0.05) is 18.2 Å². The summed E-state index contributed by atoms with van der Waals surface area (Å²) in [5.41, 5.74) is 1.18. The molecule has 0 aliphatic rings. The normalized spacial score (nSPS) is 11.7. The van der Waals surface area contributed by atoms with Crippen molar-refractivity contribution in [1.29, 1.82) is 0 Å². The number of amides is 1. The fourth-order valence-electron chi connectivity index (χ4n) is 2.48. The molecule has 0 radical (unpaired) electrons. The van der Waals surface area contributed by atoms with E-state index in [2.05, 4.69) is 15.6 Å². The van der Waals surface area contributed by atoms with Gasteiger partial charge < -0.3 is 15.7 Å². The lowest BCUT2D eigenvalue weighted by Crippen LogP contribution is -2.29. The molecule has 0 aliphatic carbocycles. The molecule has 1 heterocycles. The van der Waals surface area contributed by atoms with E-state index in [9.17, 15) is 18.7 Å². The Bertz CT molecular complexity index is 933. The fourth-order valence-corrected chi connectivity index (χ4v) is 2.48. The van der Waals surface area contributed by atoms with E-state index in [0.29, 0.717) is 11.3 Å². The summed E-state index contributed by atoms with van der Waals surface area (Å²) in [6, 6.07) is 14.3. The quantitative estimate of drug-likeness (QED) is 0.621. The molecule has 1 amide bonds. The SMILES string of the molecule is O=C(NCC(O)c1ccc(F)cc1)c1cccnc1Nc1cccc(F)c1. The molecule has 0 saturated carbocycles. The van der Waals surface area contributed by atoms with Crippen LogP contribution in [0.5, 0.6) is 0 Å². The summed E-state index contributed by atoms with van der Waals surface area (Å²) < 4.78 is 26.3. The molecule has 7 heteroatoms. The molecule has 3 aromatic rings. The second-order valence-corrected chi connectivity index (χ2v) is 5.81. The van der Waals surface area contributed by atoms with Crippen LogP contribution in [0.3, 0.4) is 0 Å². The molecule has 0 aliphatic heterocycles. The Morgan fingerprint density at radius 2 is 1.81 bits per heavy atom. The highest BCUT2D eigenvalue weighted by molar-refractivity contribution is 5.99. The highest BCUT2D eigenvalue weighted by Crippen LogP contribution is 2.19. The van der Waals surface area contributed by atoms with Gasteiger partial charge in [0.25, 0.3) is 5.91 Å². The monoisotopic (exact) mass is 369 g/mol. The number of carbonyl (C=O) groups excluding carboxylic acids is 1. The number of halogens is 2. The Labute approximate surface area is 154 Å². The standard InChI is InChI=1S/C20H17F2N3O2/c21-14-8-6-13(7-9-14)18(26)12-24-20(27)17-5-2-10-23-19(17)25-16-4-1-3-15(22)11-16/h1-11,18,26H,12H2,(H,23,25)(H,24,27). The first kappa shape index (κ1) is 18.5. The third-order valence-corrected chi connectivity index (χ3v) is 3.85. The Morgan fingerprint density at radius 1 is 1.04 bits per heavy atom. The molecule has 0 fully saturated rings. The zero-order valence-electron chi connectivity index (χ0n) is 14.2. The van der Waals surface area contributed by atoms with Crippen molar-refractivity contribution < 1.29 is 18.7 Å². The molecular weight excluding hydrogens is 352 g/mol. The van der Waals surface area contributed by atoms with Crippen molar-refractivity contribution in [2.45, 2.75) is 6.10 Å². The van der Waals surface area contributed by atoms with Gasteiger partial charge in [0.05, 0.1) is 11.7 Å². The molecular formula is C20H17F2N3O2. The molecule has 5 nitrogen and oxygen atoms in total. The molecule has 1 unspecified atom stereocenters. The largest absolute Gasteiger partial charge is 0.387 e. The number of nitrogens with one attached hydrogen (secondary N) is 2. The van der Waals surface area contributed by atoms with Gasteiger partial charge in [-0.25, -0.2) is 13.8 Å². The van der Waals surface area contributed by atoms with Gasteiger partial charge in [-0.05, 0) is 48.0 Å². The molecule has 0 spiro atoms. The van der Waals surface area contributed by atoms with Crippen LogP contribution in [0.4, 0.5) is 20.3 Å². The zero-order valence-corrected chi connectivity index (χ0v) is 14.2. The summed E-state index contributed by atoms with van der Waals surface area (Å²) in [4.78, 5) is 16.6. The van der Waals surface area contributed by atoms with E-state index in [-0.39, 0.29) is 17.9 Å². The third kappa shape index (κ3) is 4.86. The summed E-state index contributed by atoms with van der Waals surface area (Å²) in [5, 5.41) is 15.6. The number of hydrogen-bond acceptors (Lipinski definition) is 4. The highest BCUT2D eigenvalue weighted by Gasteiger charge is 2.15. The highest BCUT2D eigenvalue weighted by atomic mass is 19.1. The van der Waals surface area contributed by atoms with E-state index in [4.69, 9.17) is 0 Å². The average Bonchev–Trinajstić information content (AvgIpc) is 2.67.